The molecule has 1 aliphatic heterocycles. The van der Waals surface area contributed by atoms with E-state index in [0.29, 0.717) is 5.92 Å². The van der Waals surface area contributed by atoms with Crippen molar-refractivity contribution < 1.29 is 8.78 Å². The van der Waals surface area contributed by atoms with Crippen molar-refractivity contribution in [3.05, 3.63) is 47.2 Å². The Bertz CT molecular complexity index is 634. The standard InChI is InChI=1S/C15H17F2N3/c1-9(2)13-8-15-18-6-5-14(20(15)19-13)10-3-4-11(16)12(17)7-10/h3-4,7-9,14,18H,5-6H2,1-2H3. The second kappa shape index (κ2) is 4.89. The summed E-state index contributed by atoms with van der Waals surface area (Å²) in [5.74, 6) is -0.347. The van der Waals surface area contributed by atoms with E-state index in [1.165, 1.54) is 12.1 Å². The summed E-state index contributed by atoms with van der Waals surface area (Å²) in [6.45, 7) is 4.97. The molecule has 0 aliphatic carbocycles. The second-order valence-electron chi connectivity index (χ2n) is 5.46. The lowest BCUT2D eigenvalue weighted by Gasteiger charge is -2.26. The Balaban J connectivity index is 2.02. The summed E-state index contributed by atoms with van der Waals surface area (Å²) in [5.41, 5.74) is 1.76. The number of nitrogens with zero attached hydrogens (tertiary/aromatic N) is 2. The number of hydrogen-bond donors (Lipinski definition) is 1. The highest BCUT2D eigenvalue weighted by molar-refractivity contribution is 5.42. The van der Waals surface area contributed by atoms with Crippen LogP contribution in [-0.4, -0.2) is 16.3 Å². The van der Waals surface area contributed by atoms with Crippen molar-refractivity contribution in [2.45, 2.75) is 32.2 Å². The van der Waals surface area contributed by atoms with E-state index in [9.17, 15) is 8.78 Å². The van der Waals surface area contributed by atoms with Crippen LogP contribution in [0.3, 0.4) is 0 Å². The molecule has 0 radical (unpaired) electrons. The molecule has 0 spiro atoms. The van der Waals surface area contributed by atoms with E-state index in [1.54, 1.807) is 6.07 Å². The Hall–Kier alpha value is -1.91. The smallest absolute Gasteiger partial charge is 0.159 e. The first kappa shape index (κ1) is 13.1. The molecule has 1 atom stereocenters. The minimum atomic E-state index is -0.814. The number of nitrogens with one attached hydrogen (secondary N) is 1. The molecule has 0 bridgehead atoms. The Morgan fingerprint density at radius 1 is 1.25 bits per heavy atom. The summed E-state index contributed by atoms with van der Waals surface area (Å²) < 4.78 is 28.4. The van der Waals surface area contributed by atoms with Crippen LogP contribution < -0.4 is 5.32 Å². The number of halogens is 2. The van der Waals surface area contributed by atoms with Gasteiger partial charge >= 0.3 is 0 Å². The minimum absolute atomic E-state index is 0.0474. The fourth-order valence-electron chi connectivity index (χ4n) is 2.55. The first-order valence-corrected chi connectivity index (χ1v) is 6.84. The van der Waals surface area contributed by atoms with Gasteiger partial charge in [0.1, 0.15) is 5.82 Å². The van der Waals surface area contributed by atoms with E-state index in [1.807, 2.05) is 10.7 Å². The predicted molar refractivity (Wildman–Crippen MR) is 73.9 cm³/mol. The summed E-state index contributed by atoms with van der Waals surface area (Å²) in [6.07, 6.45) is 0.803. The monoisotopic (exact) mass is 277 g/mol. The van der Waals surface area contributed by atoms with Crippen LogP contribution in [0.25, 0.3) is 0 Å². The van der Waals surface area contributed by atoms with Crippen LogP contribution in [0.4, 0.5) is 14.6 Å². The largest absolute Gasteiger partial charge is 0.370 e. The highest BCUT2D eigenvalue weighted by atomic mass is 19.2. The normalized spacial score (nSPS) is 17.9. The third kappa shape index (κ3) is 2.17. The number of fused-ring (bicyclic) bond motifs is 1. The van der Waals surface area contributed by atoms with Gasteiger partial charge in [-0.15, -0.1) is 0 Å². The predicted octanol–water partition coefficient (Wildman–Crippen LogP) is 3.69. The number of hydrogen-bond acceptors (Lipinski definition) is 2. The van der Waals surface area contributed by atoms with E-state index in [0.717, 1.165) is 30.0 Å². The van der Waals surface area contributed by atoms with Crippen molar-refractivity contribution in [1.29, 1.82) is 0 Å². The fourth-order valence-corrected chi connectivity index (χ4v) is 2.55. The zero-order valence-electron chi connectivity index (χ0n) is 11.5. The summed E-state index contributed by atoms with van der Waals surface area (Å²) in [4.78, 5) is 0. The molecule has 1 N–H and O–H groups in total. The molecule has 1 aliphatic rings. The van der Waals surface area contributed by atoms with E-state index < -0.39 is 11.6 Å². The van der Waals surface area contributed by atoms with Gasteiger partial charge in [0.25, 0.3) is 0 Å². The van der Waals surface area contributed by atoms with Crippen molar-refractivity contribution in [2.24, 2.45) is 0 Å². The minimum Gasteiger partial charge on any atom is -0.370 e. The molecular formula is C15H17F2N3. The van der Waals surface area contributed by atoms with Gasteiger partial charge in [-0.1, -0.05) is 19.9 Å². The highest BCUT2D eigenvalue weighted by Crippen LogP contribution is 2.31. The highest BCUT2D eigenvalue weighted by Gasteiger charge is 2.24. The molecular weight excluding hydrogens is 260 g/mol. The Labute approximate surface area is 116 Å². The maximum Gasteiger partial charge on any atom is 0.159 e. The molecule has 1 aromatic heterocycles. The molecule has 0 amide bonds. The fraction of sp³-hybridized carbons (Fsp3) is 0.400. The molecule has 3 rings (SSSR count). The Morgan fingerprint density at radius 3 is 2.75 bits per heavy atom. The van der Waals surface area contributed by atoms with E-state index in [2.05, 4.69) is 24.3 Å². The summed E-state index contributed by atoms with van der Waals surface area (Å²) >= 11 is 0. The van der Waals surface area contributed by atoms with Crippen LogP contribution in [0.15, 0.2) is 24.3 Å². The van der Waals surface area contributed by atoms with E-state index in [-0.39, 0.29) is 6.04 Å². The van der Waals surface area contributed by atoms with Crippen LogP contribution in [0.1, 0.15) is 43.5 Å². The van der Waals surface area contributed by atoms with Crippen molar-refractivity contribution in [3.63, 3.8) is 0 Å². The quantitative estimate of drug-likeness (QED) is 0.907. The van der Waals surface area contributed by atoms with Crippen LogP contribution in [0.2, 0.25) is 0 Å². The van der Waals surface area contributed by atoms with Gasteiger partial charge in [-0.05, 0) is 30.0 Å². The average Bonchev–Trinajstić information content (AvgIpc) is 2.86. The number of anilines is 1. The maximum absolute atomic E-state index is 13.4. The average molecular weight is 277 g/mol. The van der Waals surface area contributed by atoms with Crippen LogP contribution in [0.5, 0.6) is 0 Å². The third-order valence-electron chi connectivity index (χ3n) is 3.69. The lowest BCUT2D eigenvalue weighted by Crippen LogP contribution is -2.24. The van der Waals surface area contributed by atoms with Crippen molar-refractivity contribution in [3.8, 4) is 0 Å². The third-order valence-corrected chi connectivity index (χ3v) is 3.69. The maximum atomic E-state index is 13.4. The molecule has 0 saturated carbocycles. The van der Waals surface area contributed by atoms with Crippen molar-refractivity contribution >= 4 is 5.82 Å². The number of rotatable bonds is 2. The molecule has 106 valence electrons. The second-order valence-corrected chi connectivity index (χ2v) is 5.46. The zero-order chi connectivity index (χ0) is 14.3. The van der Waals surface area contributed by atoms with Gasteiger partial charge in [0.2, 0.25) is 0 Å². The molecule has 2 aromatic rings. The van der Waals surface area contributed by atoms with Crippen LogP contribution >= 0.6 is 0 Å². The lowest BCUT2D eigenvalue weighted by atomic mass is 10.0. The summed E-state index contributed by atoms with van der Waals surface area (Å²) in [6, 6.07) is 6.06. The summed E-state index contributed by atoms with van der Waals surface area (Å²) in [7, 11) is 0. The summed E-state index contributed by atoms with van der Waals surface area (Å²) in [5, 5.41) is 7.89. The first-order valence-electron chi connectivity index (χ1n) is 6.84. The van der Waals surface area contributed by atoms with Gasteiger partial charge in [0.05, 0.1) is 11.7 Å². The van der Waals surface area contributed by atoms with Gasteiger partial charge in [-0.2, -0.15) is 5.10 Å². The van der Waals surface area contributed by atoms with Gasteiger partial charge in [0.15, 0.2) is 11.6 Å². The number of aromatic nitrogens is 2. The lowest BCUT2D eigenvalue weighted by molar-refractivity contribution is 0.465. The van der Waals surface area contributed by atoms with Crippen molar-refractivity contribution in [1.82, 2.24) is 9.78 Å². The van der Waals surface area contributed by atoms with Crippen molar-refractivity contribution in [2.75, 3.05) is 11.9 Å². The molecule has 2 heterocycles. The molecule has 0 saturated heterocycles. The van der Waals surface area contributed by atoms with Crippen LogP contribution in [-0.2, 0) is 0 Å². The van der Waals surface area contributed by atoms with Gasteiger partial charge < -0.3 is 5.32 Å². The molecule has 3 nitrogen and oxygen atoms in total. The molecule has 1 unspecified atom stereocenters. The number of benzene rings is 1. The molecule has 1 aromatic carbocycles. The van der Waals surface area contributed by atoms with E-state index in [4.69, 9.17) is 0 Å². The van der Waals surface area contributed by atoms with Crippen LogP contribution in [0, 0.1) is 11.6 Å². The zero-order valence-corrected chi connectivity index (χ0v) is 11.5. The Kier molecular flexibility index (Phi) is 3.20. The molecule has 5 heteroatoms. The topological polar surface area (TPSA) is 29.9 Å². The van der Waals surface area contributed by atoms with Gasteiger partial charge in [-0.3, -0.25) is 0 Å². The Morgan fingerprint density at radius 2 is 2.05 bits per heavy atom. The first-order chi connectivity index (χ1) is 9.56. The van der Waals surface area contributed by atoms with E-state index >= 15 is 0 Å². The SMILES string of the molecule is CC(C)c1cc2n(n1)C(c1ccc(F)c(F)c1)CCN2. The molecule has 20 heavy (non-hydrogen) atoms. The van der Waals surface area contributed by atoms with Gasteiger partial charge in [-0.25, -0.2) is 13.5 Å². The molecule has 0 fully saturated rings. The van der Waals surface area contributed by atoms with Gasteiger partial charge in [0, 0.05) is 12.6 Å².